The predicted octanol–water partition coefficient (Wildman–Crippen LogP) is 4.07. The van der Waals surface area contributed by atoms with Crippen LogP contribution in [-0.2, 0) is 9.59 Å². The summed E-state index contributed by atoms with van der Waals surface area (Å²) in [5, 5.41) is 15.0. The molecule has 2 atom stereocenters. The number of carboxylic acid groups (broad SMARTS) is 1. The number of anilines is 1. The third kappa shape index (κ3) is 3.66. The first-order chi connectivity index (χ1) is 11.5. The Morgan fingerprint density at radius 1 is 1.17 bits per heavy atom. The Hall–Kier alpha value is -2.18. The molecule has 7 heteroatoms. The number of rotatable bonds is 4. The molecule has 1 aliphatic carbocycles. The number of hydrogen-bond acceptors (Lipinski definition) is 4. The fraction of sp³-hybridized carbons (Fsp3) is 0.235. The zero-order valence-corrected chi connectivity index (χ0v) is 14.2. The number of carbonyl (C=O) groups excluding carboxylic acids is 1. The molecule has 0 saturated heterocycles. The molecule has 0 aliphatic heterocycles. The van der Waals surface area contributed by atoms with Crippen LogP contribution in [-0.4, -0.2) is 22.0 Å². The summed E-state index contributed by atoms with van der Waals surface area (Å²) >= 11 is 7.18. The van der Waals surface area contributed by atoms with Gasteiger partial charge >= 0.3 is 5.97 Å². The minimum absolute atomic E-state index is 0.302. The molecule has 0 spiro atoms. The minimum Gasteiger partial charge on any atom is -0.481 e. The molecule has 2 aromatic rings. The van der Waals surface area contributed by atoms with Crippen LogP contribution in [0.15, 0.2) is 41.8 Å². The second kappa shape index (κ2) is 7.15. The van der Waals surface area contributed by atoms with Crippen molar-refractivity contribution in [3.63, 3.8) is 0 Å². The molecule has 24 heavy (non-hydrogen) atoms. The summed E-state index contributed by atoms with van der Waals surface area (Å²) < 4.78 is 0. The van der Waals surface area contributed by atoms with Crippen LogP contribution in [0.2, 0.25) is 5.02 Å². The first-order valence-corrected chi connectivity index (χ1v) is 8.70. The third-order valence-electron chi connectivity index (χ3n) is 3.96. The molecule has 0 fully saturated rings. The zero-order chi connectivity index (χ0) is 17.1. The van der Waals surface area contributed by atoms with E-state index in [1.165, 1.54) is 11.3 Å². The molecular formula is C17H15ClN2O3S. The van der Waals surface area contributed by atoms with Gasteiger partial charge in [-0.25, -0.2) is 4.98 Å². The van der Waals surface area contributed by atoms with E-state index in [0.717, 1.165) is 11.3 Å². The van der Waals surface area contributed by atoms with Crippen molar-refractivity contribution in [1.82, 2.24) is 4.98 Å². The maximum absolute atomic E-state index is 12.4. The van der Waals surface area contributed by atoms with E-state index in [1.807, 2.05) is 29.7 Å². The van der Waals surface area contributed by atoms with Crippen molar-refractivity contribution in [3.8, 4) is 11.3 Å². The lowest BCUT2D eigenvalue weighted by atomic mass is 9.82. The molecule has 1 aromatic carbocycles. The van der Waals surface area contributed by atoms with Gasteiger partial charge in [0, 0.05) is 16.0 Å². The van der Waals surface area contributed by atoms with E-state index in [9.17, 15) is 14.7 Å². The van der Waals surface area contributed by atoms with Gasteiger partial charge in [-0.1, -0.05) is 35.9 Å². The summed E-state index contributed by atoms with van der Waals surface area (Å²) in [5.41, 5.74) is 1.64. The van der Waals surface area contributed by atoms with Gasteiger partial charge in [0.1, 0.15) is 0 Å². The van der Waals surface area contributed by atoms with Crippen molar-refractivity contribution >= 4 is 39.9 Å². The van der Waals surface area contributed by atoms with Crippen molar-refractivity contribution in [2.45, 2.75) is 12.8 Å². The Morgan fingerprint density at radius 3 is 2.50 bits per heavy atom. The zero-order valence-electron chi connectivity index (χ0n) is 12.6. The van der Waals surface area contributed by atoms with Gasteiger partial charge in [-0.15, -0.1) is 11.3 Å². The predicted molar refractivity (Wildman–Crippen MR) is 94.2 cm³/mol. The maximum atomic E-state index is 12.4. The summed E-state index contributed by atoms with van der Waals surface area (Å²) in [6.45, 7) is 0. The minimum atomic E-state index is -0.944. The Morgan fingerprint density at radius 2 is 1.83 bits per heavy atom. The largest absolute Gasteiger partial charge is 0.481 e. The molecule has 0 unspecified atom stereocenters. The lowest BCUT2D eigenvalue weighted by Gasteiger charge is -2.23. The standard InChI is InChI=1S/C17H15ClN2O3S/c18-11-7-5-10(6-8-11)14-9-24-17(19-14)20-15(21)12-3-1-2-4-13(12)16(22)23/h1-2,5-9,12-13H,3-4H2,(H,22,23)(H,19,20,21)/t12-,13+/m1/s1. The average Bonchev–Trinajstić information content (AvgIpc) is 3.04. The van der Waals surface area contributed by atoms with Gasteiger partial charge in [-0.3, -0.25) is 9.59 Å². The van der Waals surface area contributed by atoms with E-state index in [0.29, 0.717) is 23.0 Å². The summed E-state index contributed by atoms with van der Waals surface area (Å²) in [4.78, 5) is 28.1. The highest BCUT2D eigenvalue weighted by atomic mass is 35.5. The third-order valence-corrected chi connectivity index (χ3v) is 4.97. The van der Waals surface area contributed by atoms with Crippen molar-refractivity contribution < 1.29 is 14.7 Å². The molecule has 5 nitrogen and oxygen atoms in total. The summed E-state index contributed by atoms with van der Waals surface area (Å²) in [6.07, 6.45) is 4.47. The Bertz CT molecular complexity index is 785. The molecule has 2 N–H and O–H groups in total. The molecule has 0 saturated carbocycles. The van der Waals surface area contributed by atoms with Crippen LogP contribution in [0.4, 0.5) is 5.13 Å². The van der Waals surface area contributed by atoms with E-state index in [4.69, 9.17) is 11.6 Å². The maximum Gasteiger partial charge on any atom is 0.307 e. The summed E-state index contributed by atoms with van der Waals surface area (Å²) in [7, 11) is 0. The summed E-state index contributed by atoms with van der Waals surface area (Å²) in [5.74, 6) is -2.51. The molecule has 0 bridgehead atoms. The van der Waals surface area contributed by atoms with Gasteiger partial charge in [-0.2, -0.15) is 0 Å². The molecule has 0 radical (unpaired) electrons. The van der Waals surface area contributed by atoms with Crippen LogP contribution in [0.25, 0.3) is 11.3 Å². The lowest BCUT2D eigenvalue weighted by Crippen LogP contribution is -2.34. The van der Waals surface area contributed by atoms with Crippen LogP contribution >= 0.6 is 22.9 Å². The second-order valence-corrected chi connectivity index (χ2v) is 6.82. The van der Waals surface area contributed by atoms with Crippen LogP contribution in [0.1, 0.15) is 12.8 Å². The Kier molecular flexibility index (Phi) is 4.97. The monoisotopic (exact) mass is 362 g/mol. The number of aromatic nitrogens is 1. The quantitative estimate of drug-likeness (QED) is 0.803. The average molecular weight is 363 g/mol. The van der Waals surface area contributed by atoms with Gasteiger partial charge in [0.25, 0.3) is 0 Å². The molecule has 1 aromatic heterocycles. The fourth-order valence-corrected chi connectivity index (χ4v) is 3.51. The van der Waals surface area contributed by atoms with Crippen LogP contribution in [0.3, 0.4) is 0 Å². The number of allylic oxidation sites excluding steroid dienone is 2. The molecule has 1 aliphatic rings. The Balaban J connectivity index is 1.72. The number of thiazole rings is 1. The lowest BCUT2D eigenvalue weighted by molar-refractivity contribution is -0.146. The number of aliphatic carboxylic acids is 1. The molecule has 1 amide bonds. The first-order valence-electron chi connectivity index (χ1n) is 7.44. The van der Waals surface area contributed by atoms with E-state index < -0.39 is 17.8 Å². The van der Waals surface area contributed by atoms with E-state index in [2.05, 4.69) is 10.3 Å². The number of nitrogens with one attached hydrogen (secondary N) is 1. The number of nitrogens with zero attached hydrogens (tertiary/aromatic N) is 1. The topological polar surface area (TPSA) is 79.3 Å². The van der Waals surface area contributed by atoms with Crippen LogP contribution in [0.5, 0.6) is 0 Å². The van der Waals surface area contributed by atoms with Gasteiger partial charge < -0.3 is 10.4 Å². The molecule has 124 valence electrons. The van der Waals surface area contributed by atoms with Gasteiger partial charge in [0.05, 0.1) is 17.5 Å². The molecule has 1 heterocycles. The van der Waals surface area contributed by atoms with E-state index in [1.54, 1.807) is 12.1 Å². The summed E-state index contributed by atoms with van der Waals surface area (Å²) in [6, 6.07) is 7.27. The molecular weight excluding hydrogens is 348 g/mol. The van der Waals surface area contributed by atoms with E-state index in [-0.39, 0.29) is 5.91 Å². The fourth-order valence-electron chi connectivity index (χ4n) is 2.66. The highest BCUT2D eigenvalue weighted by Gasteiger charge is 2.34. The van der Waals surface area contributed by atoms with Gasteiger partial charge in [0.15, 0.2) is 5.13 Å². The first kappa shape index (κ1) is 16.7. The highest BCUT2D eigenvalue weighted by molar-refractivity contribution is 7.14. The Labute approximate surface area is 148 Å². The van der Waals surface area contributed by atoms with Crippen molar-refractivity contribution in [3.05, 3.63) is 46.8 Å². The number of halogens is 1. The number of benzene rings is 1. The number of amides is 1. The van der Waals surface area contributed by atoms with Crippen LogP contribution in [0, 0.1) is 11.8 Å². The SMILES string of the molecule is O=C(O)[C@H]1CC=CC[C@H]1C(=O)Nc1nc(-c2ccc(Cl)cc2)cs1. The van der Waals surface area contributed by atoms with Crippen LogP contribution < -0.4 is 5.32 Å². The normalized spacial score (nSPS) is 19.9. The van der Waals surface area contributed by atoms with Crippen molar-refractivity contribution in [2.24, 2.45) is 11.8 Å². The smallest absolute Gasteiger partial charge is 0.307 e. The second-order valence-electron chi connectivity index (χ2n) is 5.53. The van der Waals surface area contributed by atoms with Crippen molar-refractivity contribution in [2.75, 3.05) is 5.32 Å². The number of hydrogen-bond donors (Lipinski definition) is 2. The molecule has 3 rings (SSSR count). The van der Waals surface area contributed by atoms with Crippen molar-refractivity contribution in [1.29, 1.82) is 0 Å². The van der Waals surface area contributed by atoms with E-state index >= 15 is 0 Å². The van der Waals surface area contributed by atoms with Gasteiger partial charge in [0.2, 0.25) is 5.91 Å². The number of carbonyl (C=O) groups is 2. The van der Waals surface area contributed by atoms with Gasteiger partial charge in [-0.05, 0) is 25.0 Å². The number of carboxylic acids is 1. The highest BCUT2D eigenvalue weighted by Crippen LogP contribution is 2.29.